The van der Waals surface area contributed by atoms with Gasteiger partial charge in [0, 0.05) is 0 Å². The maximum atomic E-state index is 10.0. The Morgan fingerprint density at radius 3 is 2.78 bits per heavy atom. The number of allylic oxidation sites excluding steroid dienone is 2. The number of carbonyl (C=O) groups is 1. The van der Waals surface area contributed by atoms with E-state index in [0.29, 0.717) is 17.2 Å². The van der Waals surface area contributed by atoms with Crippen LogP contribution in [0.2, 0.25) is 0 Å². The van der Waals surface area contributed by atoms with Gasteiger partial charge in [0.15, 0.2) is 6.29 Å². The van der Waals surface area contributed by atoms with Crippen molar-refractivity contribution >= 4 is 6.29 Å². The van der Waals surface area contributed by atoms with Gasteiger partial charge >= 0.3 is 0 Å². The molecule has 2 N–H and O–H groups in total. The van der Waals surface area contributed by atoms with Gasteiger partial charge in [-0.2, -0.15) is 0 Å². The summed E-state index contributed by atoms with van der Waals surface area (Å²) in [7, 11) is 0. The molecule has 5 nitrogen and oxygen atoms in total. The summed E-state index contributed by atoms with van der Waals surface area (Å²) in [5.41, 5.74) is 2.78. The number of hydrogen-bond donors (Lipinski definition) is 2. The lowest BCUT2D eigenvalue weighted by molar-refractivity contribution is -0.323. The van der Waals surface area contributed by atoms with E-state index in [1.807, 2.05) is 0 Å². The van der Waals surface area contributed by atoms with Crippen molar-refractivity contribution in [1.82, 2.24) is 10.7 Å². The van der Waals surface area contributed by atoms with E-state index < -0.39 is 0 Å². The Hall–Kier alpha value is -1.07. The fourth-order valence-corrected chi connectivity index (χ4v) is 0.447. The van der Waals surface area contributed by atoms with Gasteiger partial charge in [-0.15, -0.1) is 10.2 Å². The fourth-order valence-electron chi connectivity index (χ4n) is 0.447. The average molecular weight is 130 g/mol. The van der Waals surface area contributed by atoms with E-state index in [4.69, 9.17) is 5.21 Å². The summed E-state index contributed by atoms with van der Waals surface area (Å²) in [4.78, 5) is 14.3. The molecule has 9 heavy (non-hydrogen) atoms. The summed E-state index contributed by atoms with van der Waals surface area (Å²) in [5.74, 6) is 0. The van der Waals surface area contributed by atoms with Gasteiger partial charge in [-0.1, -0.05) is 0 Å². The van der Waals surface area contributed by atoms with Crippen molar-refractivity contribution in [3.8, 4) is 0 Å². The standard InChI is InChI=1S/C4H6N2O3/c1-3-4(2-7)5-9-6(3)8/h2,5,8H,1H3. The molecule has 0 aliphatic carbocycles. The van der Waals surface area contributed by atoms with Crippen molar-refractivity contribution in [2.45, 2.75) is 6.92 Å². The molecule has 0 aromatic rings. The van der Waals surface area contributed by atoms with Crippen LogP contribution in [0.4, 0.5) is 0 Å². The molecule has 0 radical (unpaired) electrons. The van der Waals surface area contributed by atoms with Crippen LogP contribution >= 0.6 is 0 Å². The molecule has 1 rings (SSSR count). The second-order valence-corrected chi connectivity index (χ2v) is 1.58. The third-order valence-electron chi connectivity index (χ3n) is 1.04. The van der Waals surface area contributed by atoms with Crippen LogP contribution in [-0.4, -0.2) is 16.7 Å². The van der Waals surface area contributed by atoms with Gasteiger partial charge in [0.25, 0.3) is 0 Å². The highest BCUT2D eigenvalue weighted by atomic mass is 17.0. The van der Waals surface area contributed by atoms with Gasteiger partial charge in [-0.05, 0) is 6.92 Å². The first kappa shape index (κ1) is 6.06. The SMILES string of the molecule is CC1=C(C=O)NON1O. The maximum Gasteiger partial charge on any atom is 0.170 e. The van der Waals surface area contributed by atoms with E-state index in [-0.39, 0.29) is 5.70 Å². The molecule has 0 unspecified atom stereocenters. The molecule has 0 atom stereocenters. The second kappa shape index (κ2) is 2.04. The largest absolute Gasteiger partial charge is 0.296 e. The normalized spacial score (nSPS) is 18.2. The van der Waals surface area contributed by atoms with Gasteiger partial charge in [0.1, 0.15) is 5.70 Å². The number of carbonyl (C=O) groups excluding carboxylic acids is 1. The van der Waals surface area contributed by atoms with E-state index in [1.165, 1.54) is 0 Å². The molecule has 0 saturated heterocycles. The van der Waals surface area contributed by atoms with Crippen LogP contribution in [0.3, 0.4) is 0 Å². The van der Waals surface area contributed by atoms with Crippen LogP contribution in [0.5, 0.6) is 0 Å². The van der Waals surface area contributed by atoms with Gasteiger partial charge in [0.2, 0.25) is 0 Å². The third-order valence-corrected chi connectivity index (χ3v) is 1.04. The first-order chi connectivity index (χ1) is 4.25. The van der Waals surface area contributed by atoms with Crippen LogP contribution < -0.4 is 5.48 Å². The smallest absolute Gasteiger partial charge is 0.170 e. The predicted molar refractivity (Wildman–Crippen MR) is 26.6 cm³/mol. The van der Waals surface area contributed by atoms with Crippen molar-refractivity contribution in [2.24, 2.45) is 0 Å². The number of aldehydes is 1. The number of nitrogens with zero attached hydrogens (tertiary/aromatic N) is 1. The van der Waals surface area contributed by atoms with Crippen LogP contribution in [0, 0.1) is 0 Å². The summed E-state index contributed by atoms with van der Waals surface area (Å²) >= 11 is 0. The van der Waals surface area contributed by atoms with E-state index in [0.717, 1.165) is 0 Å². The highest BCUT2D eigenvalue weighted by Gasteiger charge is 2.16. The van der Waals surface area contributed by atoms with E-state index >= 15 is 0 Å². The van der Waals surface area contributed by atoms with Gasteiger partial charge < -0.3 is 0 Å². The number of rotatable bonds is 1. The van der Waals surface area contributed by atoms with Gasteiger partial charge in [-0.25, -0.2) is 5.48 Å². The molecule has 1 heterocycles. The molecule has 0 bridgehead atoms. The topological polar surface area (TPSA) is 61.8 Å². The maximum absolute atomic E-state index is 10.0. The van der Waals surface area contributed by atoms with Crippen molar-refractivity contribution in [2.75, 3.05) is 0 Å². The molecule has 50 valence electrons. The van der Waals surface area contributed by atoms with E-state index in [2.05, 4.69) is 10.4 Å². The monoisotopic (exact) mass is 130 g/mol. The predicted octanol–water partition coefficient (Wildman–Crippen LogP) is -0.442. The van der Waals surface area contributed by atoms with Crippen LogP contribution in [0.15, 0.2) is 11.4 Å². The number of hydroxylamine groups is 3. The minimum Gasteiger partial charge on any atom is -0.296 e. The number of hydrogen-bond acceptors (Lipinski definition) is 5. The zero-order valence-corrected chi connectivity index (χ0v) is 4.79. The summed E-state index contributed by atoms with van der Waals surface area (Å²) < 4.78 is 0. The molecule has 0 aromatic carbocycles. The Morgan fingerprint density at radius 1 is 1.89 bits per heavy atom. The molecule has 1 aliphatic heterocycles. The van der Waals surface area contributed by atoms with Crippen molar-refractivity contribution < 1.29 is 14.9 Å². The van der Waals surface area contributed by atoms with Crippen LogP contribution in [0.25, 0.3) is 0 Å². The molecule has 1 aliphatic rings. The molecule has 5 heteroatoms. The minimum absolute atomic E-state index is 0.234. The highest BCUT2D eigenvalue weighted by molar-refractivity contribution is 5.73. The van der Waals surface area contributed by atoms with Crippen LogP contribution in [-0.2, 0) is 9.73 Å². The fraction of sp³-hybridized carbons (Fsp3) is 0.250. The van der Waals surface area contributed by atoms with Crippen molar-refractivity contribution in [3.63, 3.8) is 0 Å². The third kappa shape index (κ3) is 0.868. The molecule has 0 aromatic heterocycles. The molecular formula is C4H6N2O3. The summed E-state index contributed by atoms with van der Waals surface area (Å²) in [6.07, 6.45) is 0.561. The summed E-state index contributed by atoms with van der Waals surface area (Å²) in [6.45, 7) is 1.55. The Labute approximate surface area is 51.4 Å². The van der Waals surface area contributed by atoms with E-state index in [9.17, 15) is 4.79 Å². The first-order valence-electron chi connectivity index (χ1n) is 2.33. The molecule has 0 amide bonds. The molecule has 0 spiro atoms. The highest BCUT2D eigenvalue weighted by Crippen LogP contribution is 2.09. The van der Waals surface area contributed by atoms with Crippen LogP contribution in [0.1, 0.15) is 6.92 Å². The Balaban J connectivity index is 2.79. The van der Waals surface area contributed by atoms with Crippen molar-refractivity contribution in [1.29, 1.82) is 0 Å². The van der Waals surface area contributed by atoms with Gasteiger partial charge in [0.05, 0.1) is 5.70 Å². The first-order valence-corrected chi connectivity index (χ1v) is 2.33. The quantitative estimate of drug-likeness (QED) is 0.471. The summed E-state index contributed by atoms with van der Waals surface area (Å²) in [6, 6.07) is 0. The Bertz CT molecular complexity index is 165. The zero-order chi connectivity index (χ0) is 6.85. The second-order valence-electron chi connectivity index (χ2n) is 1.58. The average Bonchev–Trinajstić information content (AvgIpc) is 2.15. The molecular weight excluding hydrogens is 124 g/mol. The zero-order valence-electron chi connectivity index (χ0n) is 4.79. The lowest BCUT2D eigenvalue weighted by Crippen LogP contribution is -2.15. The summed E-state index contributed by atoms with van der Waals surface area (Å²) in [5, 5.41) is 9.12. The van der Waals surface area contributed by atoms with Crippen molar-refractivity contribution in [3.05, 3.63) is 11.4 Å². The van der Waals surface area contributed by atoms with Gasteiger partial charge in [-0.3, -0.25) is 10.0 Å². The molecule has 0 saturated carbocycles. The lowest BCUT2D eigenvalue weighted by Gasteiger charge is -2.03. The Morgan fingerprint density at radius 2 is 2.56 bits per heavy atom. The Kier molecular flexibility index (Phi) is 1.37. The minimum atomic E-state index is 0.234. The number of nitrogens with one attached hydrogen (secondary N) is 1. The van der Waals surface area contributed by atoms with E-state index in [1.54, 1.807) is 6.92 Å². The lowest BCUT2D eigenvalue weighted by atomic mass is 10.4. The molecule has 0 fully saturated rings.